The van der Waals surface area contributed by atoms with Crippen LogP contribution in [0.1, 0.15) is 12.8 Å². The Morgan fingerprint density at radius 2 is 2.05 bits per heavy atom. The lowest BCUT2D eigenvalue weighted by Gasteiger charge is -2.25. The van der Waals surface area contributed by atoms with Gasteiger partial charge >= 0.3 is 0 Å². The summed E-state index contributed by atoms with van der Waals surface area (Å²) >= 11 is 0. The van der Waals surface area contributed by atoms with E-state index in [1.54, 1.807) is 6.07 Å². The van der Waals surface area contributed by atoms with Crippen molar-refractivity contribution >= 4 is 29.0 Å². The smallest absolute Gasteiger partial charge is 0.142 e. The number of anilines is 1. The van der Waals surface area contributed by atoms with E-state index in [9.17, 15) is 4.39 Å². The lowest BCUT2D eigenvalue weighted by atomic mass is 10.1. The average Bonchev–Trinajstić information content (AvgIpc) is 2.41. The molecule has 3 nitrogen and oxygen atoms in total. The fraction of sp³-hybridized carbons (Fsp3) is 0.357. The molecule has 0 radical (unpaired) electrons. The third-order valence-electron chi connectivity index (χ3n) is 3.39. The van der Waals surface area contributed by atoms with Crippen LogP contribution in [0.3, 0.4) is 0 Å². The third kappa shape index (κ3) is 3.14. The van der Waals surface area contributed by atoms with E-state index in [0.29, 0.717) is 6.04 Å². The Kier molecular flexibility index (Phi) is 4.56. The standard InChI is InChI=1S/C14H16FN3.ClH/c15-10-8-12-13(17-9-10)2-1-3-14(12)18-11-4-6-16-7-5-11;/h1-3,8-9,11,16,18H,4-7H2;1H. The number of benzene rings is 1. The summed E-state index contributed by atoms with van der Waals surface area (Å²) in [5.74, 6) is -0.290. The summed E-state index contributed by atoms with van der Waals surface area (Å²) in [5, 5.41) is 7.70. The van der Waals surface area contributed by atoms with Crippen molar-refractivity contribution in [1.29, 1.82) is 0 Å². The van der Waals surface area contributed by atoms with Gasteiger partial charge in [0.1, 0.15) is 5.82 Å². The minimum absolute atomic E-state index is 0. The van der Waals surface area contributed by atoms with Gasteiger partial charge in [-0.1, -0.05) is 6.07 Å². The number of halogens is 2. The third-order valence-corrected chi connectivity index (χ3v) is 3.39. The molecule has 0 bridgehead atoms. The van der Waals surface area contributed by atoms with Crippen LogP contribution in [0, 0.1) is 5.82 Å². The molecular weight excluding hydrogens is 265 g/mol. The molecule has 1 saturated heterocycles. The fourth-order valence-electron chi connectivity index (χ4n) is 2.44. The molecule has 0 amide bonds. The lowest BCUT2D eigenvalue weighted by Crippen LogP contribution is -2.35. The predicted molar refractivity (Wildman–Crippen MR) is 78.5 cm³/mol. The van der Waals surface area contributed by atoms with Crippen LogP contribution in [-0.2, 0) is 0 Å². The Labute approximate surface area is 118 Å². The summed E-state index contributed by atoms with van der Waals surface area (Å²) in [6.45, 7) is 2.07. The topological polar surface area (TPSA) is 37.0 Å². The predicted octanol–water partition coefficient (Wildman–Crippen LogP) is 2.96. The number of piperidine rings is 1. The zero-order valence-electron chi connectivity index (χ0n) is 10.5. The maximum absolute atomic E-state index is 13.3. The first-order valence-electron chi connectivity index (χ1n) is 6.34. The second-order valence-corrected chi connectivity index (χ2v) is 4.69. The summed E-state index contributed by atoms with van der Waals surface area (Å²) < 4.78 is 13.3. The minimum Gasteiger partial charge on any atom is -0.382 e. The first-order valence-corrected chi connectivity index (χ1v) is 6.34. The molecule has 19 heavy (non-hydrogen) atoms. The van der Waals surface area contributed by atoms with Crippen LogP contribution in [-0.4, -0.2) is 24.1 Å². The number of aromatic nitrogens is 1. The van der Waals surface area contributed by atoms with Crippen molar-refractivity contribution < 1.29 is 4.39 Å². The van der Waals surface area contributed by atoms with Crippen LogP contribution in [0.5, 0.6) is 0 Å². The molecule has 0 spiro atoms. The summed E-state index contributed by atoms with van der Waals surface area (Å²) in [6.07, 6.45) is 3.45. The maximum Gasteiger partial charge on any atom is 0.142 e. The molecule has 0 aliphatic carbocycles. The van der Waals surface area contributed by atoms with Crippen LogP contribution in [0.2, 0.25) is 0 Å². The zero-order chi connectivity index (χ0) is 12.4. The van der Waals surface area contributed by atoms with E-state index < -0.39 is 0 Å². The minimum atomic E-state index is -0.290. The fourth-order valence-corrected chi connectivity index (χ4v) is 2.44. The number of hydrogen-bond acceptors (Lipinski definition) is 3. The number of pyridine rings is 1. The SMILES string of the molecule is Cl.Fc1cnc2cccc(NC3CCNCC3)c2c1. The monoisotopic (exact) mass is 281 g/mol. The van der Waals surface area contributed by atoms with Gasteiger partial charge in [0.2, 0.25) is 0 Å². The number of hydrogen-bond donors (Lipinski definition) is 2. The van der Waals surface area contributed by atoms with E-state index in [-0.39, 0.29) is 18.2 Å². The highest BCUT2D eigenvalue weighted by Crippen LogP contribution is 2.24. The van der Waals surface area contributed by atoms with E-state index in [1.807, 2.05) is 18.2 Å². The van der Waals surface area contributed by atoms with E-state index in [2.05, 4.69) is 15.6 Å². The van der Waals surface area contributed by atoms with Crippen molar-refractivity contribution in [3.63, 3.8) is 0 Å². The van der Waals surface area contributed by atoms with Crippen molar-refractivity contribution in [2.45, 2.75) is 18.9 Å². The Hall–Kier alpha value is -1.39. The van der Waals surface area contributed by atoms with E-state index >= 15 is 0 Å². The van der Waals surface area contributed by atoms with E-state index in [1.165, 1.54) is 6.20 Å². The summed E-state index contributed by atoms with van der Waals surface area (Å²) in [4.78, 5) is 4.11. The molecule has 3 rings (SSSR count). The molecule has 2 heterocycles. The van der Waals surface area contributed by atoms with Crippen LogP contribution < -0.4 is 10.6 Å². The zero-order valence-corrected chi connectivity index (χ0v) is 11.3. The van der Waals surface area contributed by atoms with E-state index in [4.69, 9.17) is 0 Å². The van der Waals surface area contributed by atoms with Crippen LogP contribution in [0.15, 0.2) is 30.5 Å². The normalized spacial score (nSPS) is 16.1. The van der Waals surface area contributed by atoms with Gasteiger partial charge in [0.25, 0.3) is 0 Å². The number of nitrogens with zero attached hydrogens (tertiary/aromatic N) is 1. The molecule has 1 aliphatic heterocycles. The van der Waals surface area contributed by atoms with Gasteiger partial charge in [-0.25, -0.2) is 4.39 Å². The van der Waals surface area contributed by atoms with Gasteiger partial charge < -0.3 is 10.6 Å². The largest absolute Gasteiger partial charge is 0.382 e. The Balaban J connectivity index is 0.00000133. The molecule has 1 aromatic carbocycles. The highest BCUT2D eigenvalue weighted by atomic mass is 35.5. The summed E-state index contributed by atoms with van der Waals surface area (Å²) in [6, 6.07) is 7.86. The molecule has 1 fully saturated rings. The van der Waals surface area contributed by atoms with Crippen molar-refractivity contribution in [3.8, 4) is 0 Å². The second kappa shape index (κ2) is 6.17. The van der Waals surface area contributed by atoms with Crippen molar-refractivity contribution in [1.82, 2.24) is 10.3 Å². The van der Waals surface area contributed by atoms with Gasteiger partial charge in [-0.3, -0.25) is 4.98 Å². The van der Waals surface area contributed by atoms with Gasteiger partial charge in [-0.05, 0) is 44.1 Å². The van der Waals surface area contributed by atoms with Crippen LogP contribution >= 0.6 is 12.4 Å². The molecule has 0 unspecified atom stereocenters. The van der Waals surface area contributed by atoms with E-state index in [0.717, 1.165) is 42.5 Å². The number of rotatable bonds is 2. The molecule has 2 N–H and O–H groups in total. The molecule has 102 valence electrons. The first kappa shape index (κ1) is 14.0. The van der Waals surface area contributed by atoms with Crippen molar-refractivity contribution in [2.75, 3.05) is 18.4 Å². The maximum atomic E-state index is 13.3. The molecular formula is C14H17ClFN3. The molecule has 0 atom stereocenters. The summed E-state index contributed by atoms with van der Waals surface area (Å²) in [5.41, 5.74) is 1.81. The highest BCUT2D eigenvalue weighted by molar-refractivity contribution is 5.91. The Bertz CT molecular complexity index is 555. The quantitative estimate of drug-likeness (QED) is 0.889. The molecule has 1 aromatic heterocycles. The van der Waals surface area contributed by atoms with Gasteiger partial charge in [0.15, 0.2) is 0 Å². The van der Waals surface area contributed by atoms with Crippen LogP contribution in [0.4, 0.5) is 10.1 Å². The first-order chi connectivity index (χ1) is 8.83. The second-order valence-electron chi connectivity index (χ2n) is 4.69. The Morgan fingerprint density at radius 1 is 1.26 bits per heavy atom. The lowest BCUT2D eigenvalue weighted by molar-refractivity contribution is 0.479. The van der Waals surface area contributed by atoms with Crippen molar-refractivity contribution in [2.24, 2.45) is 0 Å². The van der Waals surface area contributed by atoms with Gasteiger partial charge in [-0.15, -0.1) is 12.4 Å². The number of fused-ring (bicyclic) bond motifs is 1. The molecule has 5 heteroatoms. The Morgan fingerprint density at radius 3 is 2.84 bits per heavy atom. The van der Waals surface area contributed by atoms with Gasteiger partial charge in [-0.2, -0.15) is 0 Å². The van der Waals surface area contributed by atoms with Crippen LogP contribution in [0.25, 0.3) is 10.9 Å². The van der Waals surface area contributed by atoms with Gasteiger partial charge in [0, 0.05) is 17.1 Å². The van der Waals surface area contributed by atoms with Crippen molar-refractivity contribution in [3.05, 3.63) is 36.3 Å². The molecule has 0 saturated carbocycles. The average molecular weight is 282 g/mol. The molecule has 1 aliphatic rings. The number of nitrogens with one attached hydrogen (secondary N) is 2. The highest BCUT2D eigenvalue weighted by Gasteiger charge is 2.13. The summed E-state index contributed by atoms with van der Waals surface area (Å²) in [7, 11) is 0. The molecule has 2 aromatic rings. The van der Waals surface area contributed by atoms with Gasteiger partial charge in [0.05, 0.1) is 11.7 Å².